The zero-order valence-electron chi connectivity index (χ0n) is 23.0. The number of halogens is 2. The molecule has 0 saturated carbocycles. The molecule has 0 aliphatic carbocycles. The second kappa shape index (κ2) is 11.3. The van der Waals surface area contributed by atoms with Crippen LogP contribution in [0.4, 0.5) is 19.4 Å². The monoisotopic (exact) mass is 573 g/mol. The van der Waals surface area contributed by atoms with E-state index in [9.17, 15) is 19.6 Å². The molecular formula is C30H29F2N7O3. The fraction of sp³-hybridized carbons (Fsp3) is 0.367. The van der Waals surface area contributed by atoms with Gasteiger partial charge in [-0.2, -0.15) is 15.2 Å². The topological polar surface area (TPSA) is 119 Å². The van der Waals surface area contributed by atoms with Gasteiger partial charge in [0.15, 0.2) is 5.82 Å². The van der Waals surface area contributed by atoms with Crippen LogP contribution in [-0.4, -0.2) is 87.9 Å². The van der Waals surface area contributed by atoms with Crippen molar-refractivity contribution in [3.8, 4) is 23.3 Å². The van der Waals surface area contributed by atoms with Gasteiger partial charge in [0.05, 0.1) is 23.9 Å². The Bertz CT molecular complexity index is 1710. The number of hydrogen-bond acceptors (Lipinski definition) is 8. The van der Waals surface area contributed by atoms with Gasteiger partial charge in [0, 0.05) is 37.4 Å². The van der Waals surface area contributed by atoms with Crippen LogP contribution < -0.4 is 9.64 Å². The molecule has 0 spiro atoms. The van der Waals surface area contributed by atoms with Crippen LogP contribution in [-0.2, 0) is 0 Å². The molecule has 4 aromatic rings. The number of anilines is 1. The summed E-state index contributed by atoms with van der Waals surface area (Å²) < 4.78 is 36.6. The summed E-state index contributed by atoms with van der Waals surface area (Å²) in [6.07, 6.45) is 2.40. The highest BCUT2D eigenvalue weighted by molar-refractivity contribution is 5.99. The average molecular weight is 574 g/mol. The lowest BCUT2D eigenvalue weighted by Gasteiger charge is -2.39. The minimum atomic E-state index is -1.10. The number of piperazine rings is 1. The van der Waals surface area contributed by atoms with Gasteiger partial charge in [0.2, 0.25) is 0 Å². The zero-order valence-corrected chi connectivity index (χ0v) is 23.0. The van der Waals surface area contributed by atoms with Crippen molar-refractivity contribution < 1.29 is 23.4 Å². The van der Waals surface area contributed by atoms with Gasteiger partial charge >= 0.3 is 12.1 Å². The number of carbonyl (C=O) groups is 1. The van der Waals surface area contributed by atoms with E-state index in [-0.39, 0.29) is 49.3 Å². The molecule has 2 fully saturated rings. The maximum atomic E-state index is 16.4. The van der Waals surface area contributed by atoms with Gasteiger partial charge in [-0.25, -0.2) is 13.6 Å². The number of nitriles is 1. The Labute approximate surface area is 240 Å². The van der Waals surface area contributed by atoms with Crippen molar-refractivity contribution in [3.05, 3.63) is 54.2 Å². The maximum Gasteiger partial charge on any atom is 0.407 e. The van der Waals surface area contributed by atoms with E-state index in [1.807, 2.05) is 18.0 Å². The number of amides is 1. The highest BCUT2D eigenvalue weighted by atomic mass is 19.1. The third-order valence-electron chi connectivity index (χ3n) is 8.17. The molecule has 4 heterocycles. The van der Waals surface area contributed by atoms with Crippen molar-refractivity contribution in [1.29, 1.82) is 5.26 Å². The standard InChI is InChI=1S/C30H29F2N7O3/c1-37-11-3-5-21(37)17-42-29-35-27-24(28(36-29)38-12-13-39(30(40)41)20(16-38)9-10-33)15-34-26(25(27)32)22-6-2-4-18-7-8-19(31)14-23(18)22/h2,4,6-8,14-15,20-21H,3,5,9,11-13,16-17H2,1H3,(H,40,41)/t20-,21-/m0/s1. The molecule has 2 aliphatic rings. The summed E-state index contributed by atoms with van der Waals surface area (Å²) in [6.45, 7) is 1.89. The number of carboxylic acid groups (broad SMARTS) is 1. The van der Waals surface area contributed by atoms with Crippen LogP contribution in [0.3, 0.4) is 0 Å². The molecule has 12 heteroatoms. The van der Waals surface area contributed by atoms with E-state index in [0.717, 1.165) is 24.8 Å². The van der Waals surface area contributed by atoms with Gasteiger partial charge in [-0.15, -0.1) is 0 Å². The summed E-state index contributed by atoms with van der Waals surface area (Å²) in [7, 11) is 2.02. The first-order valence-corrected chi connectivity index (χ1v) is 13.8. The fourth-order valence-corrected chi connectivity index (χ4v) is 5.91. The van der Waals surface area contributed by atoms with Crippen molar-refractivity contribution in [2.75, 3.05) is 44.7 Å². The summed E-state index contributed by atoms with van der Waals surface area (Å²) in [5.74, 6) is -0.793. The van der Waals surface area contributed by atoms with Crippen LogP contribution in [0.1, 0.15) is 19.3 Å². The molecule has 1 amide bonds. The third-order valence-corrected chi connectivity index (χ3v) is 8.17. The molecule has 6 rings (SSSR count). The van der Waals surface area contributed by atoms with Crippen molar-refractivity contribution >= 4 is 33.6 Å². The molecule has 0 radical (unpaired) electrons. The number of likely N-dealkylation sites (tertiary alicyclic amines) is 1. The van der Waals surface area contributed by atoms with E-state index in [2.05, 4.69) is 25.9 Å². The van der Waals surface area contributed by atoms with Gasteiger partial charge < -0.3 is 24.5 Å². The lowest BCUT2D eigenvalue weighted by atomic mass is 10.0. The fourth-order valence-electron chi connectivity index (χ4n) is 5.91. The molecule has 0 unspecified atom stereocenters. The van der Waals surface area contributed by atoms with Gasteiger partial charge in [0.25, 0.3) is 0 Å². The Morgan fingerprint density at radius 2 is 2.00 bits per heavy atom. The minimum absolute atomic E-state index is 0.00239. The summed E-state index contributed by atoms with van der Waals surface area (Å²) in [5, 5.41) is 20.6. The predicted octanol–water partition coefficient (Wildman–Crippen LogP) is 4.68. The molecule has 2 atom stereocenters. The van der Waals surface area contributed by atoms with Gasteiger partial charge in [-0.05, 0) is 49.3 Å². The number of likely N-dealkylation sites (N-methyl/N-ethyl adjacent to an activating group) is 1. The molecule has 42 heavy (non-hydrogen) atoms. The average Bonchev–Trinajstić information content (AvgIpc) is 3.40. The normalized spacial score (nSPS) is 19.4. The number of rotatable bonds is 6. The first-order chi connectivity index (χ1) is 20.3. The Morgan fingerprint density at radius 1 is 1.14 bits per heavy atom. The number of benzene rings is 2. The molecule has 216 valence electrons. The van der Waals surface area contributed by atoms with E-state index in [1.165, 1.54) is 23.2 Å². The Hall–Kier alpha value is -4.63. The highest BCUT2D eigenvalue weighted by Crippen LogP contribution is 2.35. The Kier molecular flexibility index (Phi) is 7.43. The van der Waals surface area contributed by atoms with Gasteiger partial charge in [-0.1, -0.05) is 24.3 Å². The minimum Gasteiger partial charge on any atom is -0.465 e. The Balaban J connectivity index is 1.46. The second-order valence-corrected chi connectivity index (χ2v) is 10.7. The van der Waals surface area contributed by atoms with E-state index in [1.54, 1.807) is 18.2 Å². The summed E-state index contributed by atoms with van der Waals surface area (Å²) >= 11 is 0. The number of aromatic nitrogens is 3. The SMILES string of the molecule is CN1CCC[C@H]1COc1nc(N2CCN(C(=O)O)[C@@H](CC#N)C2)c2cnc(-c3cccc4ccc(F)cc34)c(F)c2n1. The van der Waals surface area contributed by atoms with Crippen molar-refractivity contribution in [1.82, 2.24) is 24.8 Å². The van der Waals surface area contributed by atoms with E-state index in [4.69, 9.17) is 4.74 Å². The van der Waals surface area contributed by atoms with Gasteiger partial charge in [-0.3, -0.25) is 4.98 Å². The largest absolute Gasteiger partial charge is 0.465 e. The molecule has 0 bridgehead atoms. The third kappa shape index (κ3) is 5.12. The predicted molar refractivity (Wildman–Crippen MR) is 152 cm³/mol. The van der Waals surface area contributed by atoms with E-state index >= 15 is 4.39 Å². The lowest BCUT2D eigenvalue weighted by Crippen LogP contribution is -2.55. The summed E-state index contributed by atoms with van der Waals surface area (Å²) in [4.78, 5) is 30.6. The lowest BCUT2D eigenvalue weighted by molar-refractivity contribution is 0.119. The molecule has 2 aliphatic heterocycles. The van der Waals surface area contributed by atoms with Crippen molar-refractivity contribution in [2.24, 2.45) is 0 Å². The number of hydrogen-bond donors (Lipinski definition) is 1. The van der Waals surface area contributed by atoms with Crippen LogP contribution in [0.15, 0.2) is 42.6 Å². The van der Waals surface area contributed by atoms with Crippen LogP contribution in [0.25, 0.3) is 32.9 Å². The first-order valence-electron chi connectivity index (χ1n) is 13.8. The number of nitrogens with zero attached hydrogens (tertiary/aromatic N) is 7. The molecule has 10 nitrogen and oxygen atoms in total. The number of ether oxygens (including phenoxy) is 1. The van der Waals surface area contributed by atoms with Gasteiger partial charge in [0.1, 0.15) is 29.5 Å². The number of fused-ring (bicyclic) bond motifs is 2. The second-order valence-electron chi connectivity index (χ2n) is 10.7. The quantitative estimate of drug-likeness (QED) is 0.351. The molecular weight excluding hydrogens is 544 g/mol. The van der Waals surface area contributed by atoms with Crippen LogP contribution in [0.2, 0.25) is 0 Å². The van der Waals surface area contributed by atoms with Crippen LogP contribution >= 0.6 is 0 Å². The van der Waals surface area contributed by atoms with E-state index in [0.29, 0.717) is 28.8 Å². The van der Waals surface area contributed by atoms with Crippen molar-refractivity contribution in [3.63, 3.8) is 0 Å². The molecule has 2 aromatic heterocycles. The summed E-state index contributed by atoms with van der Waals surface area (Å²) in [6, 6.07) is 11.2. The number of pyridine rings is 1. The zero-order chi connectivity index (χ0) is 29.4. The van der Waals surface area contributed by atoms with Crippen molar-refractivity contribution in [2.45, 2.75) is 31.3 Å². The smallest absolute Gasteiger partial charge is 0.407 e. The molecule has 1 N–H and O–H groups in total. The summed E-state index contributed by atoms with van der Waals surface area (Å²) in [5.41, 5.74) is 0.430. The first kappa shape index (κ1) is 27.5. The Morgan fingerprint density at radius 3 is 2.76 bits per heavy atom. The molecule has 2 aromatic carbocycles. The molecule has 2 saturated heterocycles. The van der Waals surface area contributed by atoms with E-state index < -0.39 is 23.8 Å². The maximum absolute atomic E-state index is 16.4. The highest BCUT2D eigenvalue weighted by Gasteiger charge is 2.33. The van der Waals surface area contributed by atoms with Crippen LogP contribution in [0, 0.1) is 23.0 Å². The van der Waals surface area contributed by atoms with Crippen LogP contribution in [0.5, 0.6) is 6.01 Å².